The summed E-state index contributed by atoms with van der Waals surface area (Å²) >= 11 is 0. The minimum Gasteiger partial charge on any atom is -0.268 e. The van der Waals surface area contributed by atoms with E-state index >= 15 is 0 Å². The topological polar surface area (TPSA) is 45.8 Å². The van der Waals surface area contributed by atoms with Crippen LogP contribution in [0, 0.1) is 5.92 Å². The number of hydrogen-bond acceptors (Lipinski definition) is 2. The van der Waals surface area contributed by atoms with Crippen LogP contribution in [-0.2, 0) is 0 Å². The predicted octanol–water partition coefficient (Wildman–Crippen LogP) is 2.05. The lowest BCUT2D eigenvalue weighted by Crippen LogP contribution is -2.10. The van der Waals surface area contributed by atoms with Gasteiger partial charge in [0.25, 0.3) is 5.56 Å². The van der Waals surface area contributed by atoms with E-state index < -0.39 is 0 Å². The van der Waals surface area contributed by atoms with Crippen LogP contribution in [0.3, 0.4) is 0 Å². The van der Waals surface area contributed by atoms with Gasteiger partial charge in [-0.05, 0) is 36.1 Å². The van der Waals surface area contributed by atoms with Gasteiger partial charge in [0.2, 0.25) is 0 Å². The van der Waals surface area contributed by atoms with Crippen molar-refractivity contribution in [3.63, 3.8) is 0 Å². The van der Waals surface area contributed by atoms with E-state index in [1.165, 1.54) is 12.1 Å². The molecule has 3 nitrogen and oxygen atoms in total. The third-order valence-electron chi connectivity index (χ3n) is 2.47. The maximum atomic E-state index is 13.1. The van der Waals surface area contributed by atoms with Crippen molar-refractivity contribution in [1.82, 2.24) is 10.2 Å². The molecule has 4 heteroatoms. The fourth-order valence-electron chi connectivity index (χ4n) is 1.60. The zero-order valence-corrected chi connectivity index (χ0v) is 8.33. The summed E-state index contributed by atoms with van der Waals surface area (Å²) < 4.78 is 13.1. The molecule has 0 saturated carbocycles. The summed E-state index contributed by atoms with van der Waals surface area (Å²) in [4.78, 5) is 10.8. The second-order valence-corrected chi connectivity index (χ2v) is 3.63. The Labute approximate surface area is 86.3 Å². The molecule has 1 aliphatic rings. The number of nitrogens with zero attached hydrogens (tertiary/aromatic N) is 1. The van der Waals surface area contributed by atoms with E-state index in [4.69, 9.17) is 0 Å². The third-order valence-corrected chi connectivity index (χ3v) is 2.47. The summed E-state index contributed by atoms with van der Waals surface area (Å²) in [5, 5.41) is 6.23. The lowest BCUT2D eigenvalue weighted by Gasteiger charge is -2.16. The molecule has 0 spiro atoms. The van der Waals surface area contributed by atoms with Crippen molar-refractivity contribution in [2.75, 3.05) is 0 Å². The van der Waals surface area contributed by atoms with Gasteiger partial charge >= 0.3 is 0 Å². The number of rotatable bonds is 1. The summed E-state index contributed by atoms with van der Waals surface area (Å²) in [6, 6.07) is 3.01. The van der Waals surface area contributed by atoms with Crippen LogP contribution in [0.1, 0.15) is 19.0 Å². The van der Waals surface area contributed by atoms with Crippen LogP contribution in [-0.4, -0.2) is 10.2 Å². The van der Waals surface area contributed by atoms with E-state index in [-0.39, 0.29) is 17.3 Å². The van der Waals surface area contributed by atoms with Gasteiger partial charge in [-0.25, -0.2) is 9.49 Å². The molecule has 0 aromatic carbocycles. The number of halogens is 1. The number of nitrogens with one attached hydrogen (secondary N) is 1. The number of hydrogen-bond donors (Lipinski definition) is 1. The Morgan fingerprint density at radius 2 is 2.33 bits per heavy atom. The van der Waals surface area contributed by atoms with Crippen molar-refractivity contribution < 1.29 is 4.39 Å². The van der Waals surface area contributed by atoms with E-state index in [2.05, 4.69) is 10.2 Å². The minimum absolute atomic E-state index is 0.225. The van der Waals surface area contributed by atoms with Gasteiger partial charge in [0.05, 0.1) is 5.69 Å². The van der Waals surface area contributed by atoms with Crippen LogP contribution < -0.4 is 5.56 Å². The van der Waals surface area contributed by atoms with E-state index in [1.54, 1.807) is 12.1 Å². The molecule has 1 aromatic rings. The summed E-state index contributed by atoms with van der Waals surface area (Å²) in [6.07, 6.45) is 3.69. The van der Waals surface area contributed by atoms with Crippen molar-refractivity contribution in [2.24, 2.45) is 5.92 Å². The fraction of sp³-hybridized carbons (Fsp3) is 0.273. The maximum absolute atomic E-state index is 13.1. The van der Waals surface area contributed by atoms with Crippen LogP contribution in [0.25, 0.3) is 5.57 Å². The van der Waals surface area contributed by atoms with Crippen LogP contribution in [0.4, 0.5) is 4.39 Å². The van der Waals surface area contributed by atoms with Crippen molar-refractivity contribution >= 4 is 5.57 Å². The monoisotopic (exact) mass is 206 g/mol. The Morgan fingerprint density at radius 1 is 1.53 bits per heavy atom. The second-order valence-electron chi connectivity index (χ2n) is 3.63. The molecule has 0 radical (unpaired) electrons. The molecule has 1 aliphatic carbocycles. The van der Waals surface area contributed by atoms with Gasteiger partial charge in [0.15, 0.2) is 0 Å². The molecule has 0 saturated heterocycles. The molecular formula is C11H11FN2O. The van der Waals surface area contributed by atoms with Gasteiger partial charge in [0, 0.05) is 6.07 Å². The highest BCUT2D eigenvalue weighted by atomic mass is 19.1. The number of aromatic amines is 1. The summed E-state index contributed by atoms with van der Waals surface area (Å²) in [7, 11) is 0. The molecule has 1 N–H and O–H groups in total. The summed E-state index contributed by atoms with van der Waals surface area (Å²) in [6.45, 7) is 2.00. The van der Waals surface area contributed by atoms with Gasteiger partial charge < -0.3 is 0 Å². The minimum atomic E-state index is -0.251. The molecule has 0 aliphatic heterocycles. The molecule has 1 heterocycles. The van der Waals surface area contributed by atoms with E-state index in [9.17, 15) is 9.18 Å². The summed E-state index contributed by atoms with van der Waals surface area (Å²) in [5.41, 5.74) is 1.20. The molecule has 1 aromatic heterocycles. The number of H-pyrrole nitrogens is 1. The second kappa shape index (κ2) is 3.81. The lowest BCUT2D eigenvalue weighted by atomic mass is 9.90. The van der Waals surface area contributed by atoms with Gasteiger partial charge in [-0.3, -0.25) is 4.79 Å². The highest BCUT2D eigenvalue weighted by Gasteiger charge is 2.16. The van der Waals surface area contributed by atoms with Crippen molar-refractivity contribution in [3.05, 3.63) is 46.2 Å². The third kappa shape index (κ3) is 2.03. The van der Waals surface area contributed by atoms with Crippen LogP contribution in [0.5, 0.6) is 0 Å². The van der Waals surface area contributed by atoms with Gasteiger partial charge in [0.1, 0.15) is 5.83 Å². The first kappa shape index (κ1) is 9.83. The van der Waals surface area contributed by atoms with Crippen molar-refractivity contribution in [1.29, 1.82) is 0 Å². The molecule has 15 heavy (non-hydrogen) atoms. The molecule has 1 atom stereocenters. The normalized spacial score (nSPS) is 20.8. The molecule has 0 fully saturated rings. The predicted molar refractivity (Wildman–Crippen MR) is 55.8 cm³/mol. The molecule has 2 rings (SSSR count). The summed E-state index contributed by atoms with van der Waals surface area (Å²) in [5.74, 6) is -0.0148. The molecule has 0 bridgehead atoms. The lowest BCUT2D eigenvalue weighted by molar-refractivity contribution is 0.631. The average Bonchev–Trinajstić information content (AvgIpc) is 2.23. The zero-order valence-electron chi connectivity index (χ0n) is 8.33. The first-order valence-corrected chi connectivity index (χ1v) is 4.80. The van der Waals surface area contributed by atoms with Crippen LogP contribution in [0.15, 0.2) is 34.9 Å². The van der Waals surface area contributed by atoms with Crippen LogP contribution >= 0.6 is 0 Å². The Bertz CT molecular complexity index is 467. The SMILES string of the molecule is CC1CC=C(F)C=C1c1ccc(=O)[nH]n1. The molecule has 1 unspecified atom stereocenters. The van der Waals surface area contributed by atoms with E-state index in [0.717, 1.165) is 5.57 Å². The highest BCUT2D eigenvalue weighted by molar-refractivity contribution is 5.67. The smallest absolute Gasteiger partial charge is 0.264 e. The first-order chi connectivity index (χ1) is 7.16. The van der Waals surface area contributed by atoms with Crippen molar-refractivity contribution in [2.45, 2.75) is 13.3 Å². The number of allylic oxidation sites excluding steroid dienone is 4. The fourth-order valence-corrected chi connectivity index (χ4v) is 1.60. The number of aromatic nitrogens is 2. The quantitative estimate of drug-likeness (QED) is 0.764. The Balaban J connectivity index is 2.41. The van der Waals surface area contributed by atoms with Gasteiger partial charge in [-0.1, -0.05) is 6.92 Å². The van der Waals surface area contributed by atoms with E-state index in [0.29, 0.717) is 12.1 Å². The maximum Gasteiger partial charge on any atom is 0.264 e. The largest absolute Gasteiger partial charge is 0.268 e. The standard InChI is InChI=1S/C11H11FN2O/c1-7-2-3-8(12)6-9(7)10-4-5-11(15)14-13-10/h3-7H,2H2,1H3,(H,14,15). The zero-order chi connectivity index (χ0) is 10.8. The van der Waals surface area contributed by atoms with Gasteiger partial charge in [-0.15, -0.1) is 0 Å². The first-order valence-electron chi connectivity index (χ1n) is 4.80. The van der Waals surface area contributed by atoms with E-state index in [1.807, 2.05) is 6.92 Å². The molecule has 78 valence electrons. The highest BCUT2D eigenvalue weighted by Crippen LogP contribution is 2.30. The molecular weight excluding hydrogens is 195 g/mol. The molecule has 0 amide bonds. The Hall–Kier alpha value is -1.71. The van der Waals surface area contributed by atoms with Crippen molar-refractivity contribution in [3.8, 4) is 0 Å². The average molecular weight is 206 g/mol. The van der Waals surface area contributed by atoms with Gasteiger partial charge in [-0.2, -0.15) is 5.10 Å². The Morgan fingerprint density at radius 3 is 3.00 bits per heavy atom. The van der Waals surface area contributed by atoms with Crippen LogP contribution in [0.2, 0.25) is 0 Å². The Kier molecular flexibility index (Phi) is 2.49.